The van der Waals surface area contributed by atoms with Gasteiger partial charge in [-0.25, -0.2) is 0 Å². The number of amides is 1. The van der Waals surface area contributed by atoms with E-state index in [2.05, 4.69) is 36.5 Å². The van der Waals surface area contributed by atoms with Crippen molar-refractivity contribution in [2.45, 2.75) is 39.2 Å². The van der Waals surface area contributed by atoms with Crippen LogP contribution in [-0.4, -0.2) is 12.5 Å². The number of hydrogen-bond acceptors (Lipinski definition) is 2. The van der Waals surface area contributed by atoms with Crippen LogP contribution in [0.1, 0.15) is 43.4 Å². The molecule has 0 aliphatic rings. The monoisotopic (exact) mass is 234 g/mol. The van der Waals surface area contributed by atoms with Crippen molar-refractivity contribution in [1.82, 2.24) is 5.32 Å². The SMILES string of the molecule is Cc1ccc([C@@H](C)NC(=O)CCCCN)cc1. The van der Waals surface area contributed by atoms with Crippen molar-refractivity contribution >= 4 is 5.91 Å². The smallest absolute Gasteiger partial charge is 0.220 e. The first-order chi connectivity index (χ1) is 8.13. The molecule has 1 atom stereocenters. The second kappa shape index (κ2) is 7.07. The van der Waals surface area contributed by atoms with Crippen LogP contribution in [0, 0.1) is 6.92 Å². The third kappa shape index (κ3) is 5.00. The zero-order valence-electron chi connectivity index (χ0n) is 10.7. The molecule has 3 heteroatoms. The summed E-state index contributed by atoms with van der Waals surface area (Å²) in [7, 11) is 0. The minimum absolute atomic E-state index is 0.0703. The van der Waals surface area contributed by atoms with Crippen LogP contribution in [0.2, 0.25) is 0 Å². The van der Waals surface area contributed by atoms with Crippen LogP contribution < -0.4 is 11.1 Å². The highest BCUT2D eigenvalue weighted by atomic mass is 16.1. The normalized spacial score (nSPS) is 12.2. The van der Waals surface area contributed by atoms with Gasteiger partial charge in [-0.15, -0.1) is 0 Å². The van der Waals surface area contributed by atoms with E-state index in [0.717, 1.165) is 18.4 Å². The summed E-state index contributed by atoms with van der Waals surface area (Å²) in [5.41, 5.74) is 7.76. The molecule has 0 radical (unpaired) electrons. The van der Waals surface area contributed by atoms with Crippen molar-refractivity contribution in [1.29, 1.82) is 0 Å². The van der Waals surface area contributed by atoms with Gasteiger partial charge in [-0.1, -0.05) is 29.8 Å². The van der Waals surface area contributed by atoms with Gasteiger partial charge < -0.3 is 11.1 Å². The minimum Gasteiger partial charge on any atom is -0.350 e. The molecule has 0 saturated heterocycles. The number of hydrogen-bond donors (Lipinski definition) is 2. The summed E-state index contributed by atoms with van der Waals surface area (Å²) in [5.74, 6) is 0.103. The van der Waals surface area contributed by atoms with E-state index >= 15 is 0 Å². The van der Waals surface area contributed by atoms with Gasteiger partial charge in [0.25, 0.3) is 0 Å². The highest BCUT2D eigenvalue weighted by Crippen LogP contribution is 2.13. The quantitative estimate of drug-likeness (QED) is 0.742. The Bertz CT molecular complexity index is 346. The topological polar surface area (TPSA) is 55.1 Å². The molecule has 0 aromatic heterocycles. The lowest BCUT2D eigenvalue weighted by Crippen LogP contribution is -2.26. The van der Waals surface area contributed by atoms with E-state index in [1.165, 1.54) is 5.56 Å². The Hall–Kier alpha value is -1.35. The average molecular weight is 234 g/mol. The lowest BCUT2D eigenvalue weighted by Gasteiger charge is -2.14. The third-order valence-electron chi connectivity index (χ3n) is 2.81. The first-order valence-corrected chi connectivity index (χ1v) is 6.19. The molecular formula is C14H22N2O. The molecule has 0 aliphatic heterocycles. The molecule has 3 N–H and O–H groups in total. The Balaban J connectivity index is 2.40. The predicted molar refractivity (Wildman–Crippen MR) is 70.6 cm³/mol. The fraction of sp³-hybridized carbons (Fsp3) is 0.500. The molecule has 0 aliphatic carbocycles. The Kier molecular flexibility index (Phi) is 5.70. The van der Waals surface area contributed by atoms with Gasteiger partial charge in [0.05, 0.1) is 6.04 Å². The van der Waals surface area contributed by atoms with Crippen LogP contribution in [0.4, 0.5) is 0 Å². The van der Waals surface area contributed by atoms with Gasteiger partial charge >= 0.3 is 0 Å². The summed E-state index contributed by atoms with van der Waals surface area (Å²) >= 11 is 0. The van der Waals surface area contributed by atoms with Gasteiger partial charge in [-0.05, 0) is 38.8 Å². The van der Waals surface area contributed by atoms with Gasteiger partial charge in [-0.2, -0.15) is 0 Å². The fourth-order valence-electron chi connectivity index (χ4n) is 1.68. The maximum Gasteiger partial charge on any atom is 0.220 e. The summed E-state index contributed by atoms with van der Waals surface area (Å²) in [6.45, 7) is 4.71. The summed E-state index contributed by atoms with van der Waals surface area (Å²) in [6.07, 6.45) is 2.34. The van der Waals surface area contributed by atoms with Crippen LogP contribution in [0.25, 0.3) is 0 Å². The molecule has 3 nitrogen and oxygen atoms in total. The summed E-state index contributed by atoms with van der Waals surface area (Å²) in [5, 5.41) is 2.99. The van der Waals surface area contributed by atoms with Crippen LogP contribution in [-0.2, 0) is 4.79 Å². The molecule has 94 valence electrons. The number of rotatable bonds is 6. The second-order valence-electron chi connectivity index (χ2n) is 4.45. The van der Waals surface area contributed by atoms with Crippen molar-refractivity contribution in [2.75, 3.05) is 6.54 Å². The van der Waals surface area contributed by atoms with Gasteiger partial charge in [0.2, 0.25) is 5.91 Å². The number of unbranched alkanes of at least 4 members (excludes halogenated alkanes) is 1. The van der Waals surface area contributed by atoms with Gasteiger partial charge in [0.15, 0.2) is 0 Å². The van der Waals surface area contributed by atoms with Gasteiger partial charge in [0, 0.05) is 6.42 Å². The molecule has 0 saturated carbocycles. The van der Waals surface area contributed by atoms with Crippen LogP contribution in [0.3, 0.4) is 0 Å². The van der Waals surface area contributed by atoms with Gasteiger partial charge in [-0.3, -0.25) is 4.79 Å². The highest BCUT2D eigenvalue weighted by molar-refractivity contribution is 5.76. The number of nitrogens with two attached hydrogens (primary N) is 1. The van der Waals surface area contributed by atoms with Crippen LogP contribution >= 0.6 is 0 Å². The Morgan fingerprint density at radius 1 is 1.29 bits per heavy atom. The number of carbonyl (C=O) groups is 1. The highest BCUT2D eigenvalue weighted by Gasteiger charge is 2.08. The zero-order chi connectivity index (χ0) is 12.7. The van der Waals surface area contributed by atoms with E-state index in [-0.39, 0.29) is 11.9 Å². The first kappa shape index (κ1) is 13.7. The third-order valence-corrected chi connectivity index (χ3v) is 2.81. The van der Waals surface area contributed by atoms with E-state index in [1.807, 2.05) is 6.92 Å². The van der Waals surface area contributed by atoms with Crippen LogP contribution in [0.5, 0.6) is 0 Å². The molecule has 1 aromatic rings. The zero-order valence-corrected chi connectivity index (χ0v) is 10.7. The lowest BCUT2D eigenvalue weighted by atomic mass is 10.1. The summed E-state index contributed by atoms with van der Waals surface area (Å²) in [6, 6.07) is 8.31. The molecule has 0 fully saturated rings. The Morgan fingerprint density at radius 2 is 1.94 bits per heavy atom. The minimum atomic E-state index is 0.0703. The molecule has 0 heterocycles. The number of nitrogens with one attached hydrogen (secondary N) is 1. The standard InChI is InChI=1S/C14H22N2O/c1-11-6-8-13(9-7-11)12(2)16-14(17)5-3-4-10-15/h6-9,12H,3-5,10,15H2,1-2H3,(H,16,17)/t12-/m1/s1. The molecule has 0 spiro atoms. The molecule has 1 aromatic carbocycles. The fourth-order valence-corrected chi connectivity index (χ4v) is 1.68. The van der Waals surface area contributed by atoms with Crippen molar-refractivity contribution in [3.63, 3.8) is 0 Å². The molecule has 17 heavy (non-hydrogen) atoms. The molecule has 1 rings (SSSR count). The Morgan fingerprint density at radius 3 is 2.53 bits per heavy atom. The van der Waals surface area contributed by atoms with Crippen molar-refractivity contribution in [3.8, 4) is 0 Å². The van der Waals surface area contributed by atoms with E-state index in [1.54, 1.807) is 0 Å². The first-order valence-electron chi connectivity index (χ1n) is 6.19. The van der Waals surface area contributed by atoms with Crippen molar-refractivity contribution in [3.05, 3.63) is 35.4 Å². The van der Waals surface area contributed by atoms with Crippen molar-refractivity contribution in [2.24, 2.45) is 5.73 Å². The van der Waals surface area contributed by atoms with Crippen molar-refractivity contribution < 1.29 is 4.79 Å². The number of aryl methyl sites for hydroxylation is 1. The summed E-state index contributed by atoms with van der Waals surface area (Å²) < 4.78 is 0. The molecular weight excluding hydrogens is 212 g/mol. The number of benzene rings is 1. The largest absolute Gasteiger partial charge is 0.350 e. The number of carbonyl (C=O) groups excluding carboxylic acids is 1. The second-order valence-corrected chi connectivity index (χ2v) is 4.45. The van der Waals surface area contributed by atoms with E-state index in [4.69, 9.17) is 5.73 Å². The Labute approximate surface area is 103 Å². The average Bonchev–Trinajstić information content (AvgIpc) is 2.30. The summed E-state index contributed by atoms with van der Waals surface area (Å²) in [4.78, 5) is 11.6. The van der Waals surface area contributed by atoms with E-state index in [9.17, 15) is 4.79 Å². The molecule has 0 unspecified atom stereocenters. The van der Waals surface area contributed by atoms with E-state index < -0.39 is 0 Å². The molecule has 0 bridgehead atoms. The van der Waals surface area contributed by atoms with E-state index in [0.29, 0.717) is 13.0 Å². The van der Waals surface area contributed by atoms with Crippen LogP contribution in [0.15, 0.2) is 24.3 Å². The lowest BCUT2D eigenvalue weighted by molar-refractivity contribution is -0.121. The maximum absolute atomic E-state index is 11.6. The predicted octanol–water partition coefficient (Wildman–Crippen LogP) is 2.30. The maximum atomic E-state index is 11.6. The molecule has 1 amide bonds. The van der Waals surface area contributed by atoms with Gasteiger partial charge in [0.1, 0.15) is 0 Å².